The van der Waals surface area contributed by atoms with E-state index in [1.165, 1.54) is 0 Å². The first kappa shape index (κ1) is 9.99. The number of pyridine rings is 1. The molecule has 1 rings (SSSR count). The zero-order chi connectivity index (χ0) is 9.68. The van der Waals surface area contributed by atoms with Crippen LogP contribution in [-0.4, -0.2) is 16.7 Å². The molecular formula is C10H15NO2. The van der Waals surface area contributed by atoms with E-state index < -0.39 is 0 Å². The summed E-state index contributed by atoms with van der Waals surface area (Å²) in [6.45, 7) is 4.61. The SMILES string of the molecule is CCCOc1cc(C)ncc1CO. The summed E-state index contributed by atoms with van der Waals surface area (Å²) in [5.41, 5.74) is 1.65. The molecule has 72 valence electrons. The van der Waals surface area contributed by atoms with Crippen LogP contribution in [0.2, 0.25) is 0 Å². The van der Waals surface area contributed by atoms with Crippen molar-refractivity contribution in [3.63, 3.8) is 0 Å². The molecule has 0 saturated heterocycles. The maximum Gasteiger partial charge on any atom is 0.128 e. The molecule has 0 unspecified atom stereocenters. The highest BCUT2D eigenvalue weighted by molar-refractivity contribution is 5.32. The third-order valence-corrected chi connectivity index (χ3v) is 1.71. The summed E-state index contributed by atoms with van der Waals surface area (Å²) in [7, 11) is 0. The molecule has 0 spiro atoms. The van der Waals surface area contributed by atoms with Gasteiger partial charge in [0.25, 0.3) is 0 Å². The van der Waals surface area contributed by atoms with Crippen LogP contribution in [0.3, 0.4) is 0 Å². The molecule has 0 aliphatic carbocycles. The molecule has 13 heavy (non-hydrogen) atoms. The Bertz CT molecular complexity index is 274. The van der Waals surface area contributed by atoms with E-state index in [4.69, 9.17) is 9.84 Å². The summed E-state index contributed by atoms with van der Waals surface area (Å²) in [5.74, 6) is 0.747. The van der Waals surface area contributed by atoms with Crippen LogP contribution in [0, 0.1) is 6.92 Å². The number of aromatic nitrogens is 1. The summed E-state index contributed by atoms with van der Waals surface area (Å²) in [5, 5.41) is 8.99. The number of nitrogens with zero attached hydrogens (tertiary/aromatic N) is 1. The van der Waals surface area contributed by atoms with Gasteiger partial charge in [0.1, 0.15) is 5.75 Å². The molecular weight excluding hydrogens is 166 g/mol. The van der Waals surface area contributed by atoms with Crippen LogP contribution in [0.15, 0.2) is 12.3 Å². The van der Waals surface area contributed by atoms with E-state index in [0.717, 1.165) is 23.4 Å². The van der Waals surface area contributed by atoms with E-state index in [1.54, 1.807) is 6.20 Å². The third kappa shape index (κ3) is 2.70. The van der Waals surface area contributed by atoms with Crippen molar-refractivity contribution in [3.8, 4) is 5.75 Å². The van der Waals surface area contributed by atoms with Gasteiger partial charge in [-0.15, -0.1) is 0 Å². The van der Waals surface area contributed by atoms with Crippen LogP contribution >= 0.6 is 0 Å². The number of ether oxygens (including phenoxy) is 1. The Labute approximate surface area is 78.4 Å². The van der Waals surface area contributed by atoms with Crippen molar-refractivity contribution in [2.45, 2.75) is 26.9 Å². The van der Waals surface area contributed by atoms with Crippen LogP contribution in [-0.2, 0) is 6.61 Å². The molecule has 0 aromatic carbocycles. The molecule has 1 aromatic heterocycles. The van der Waals surface area contributed by atoms with E-state index in [-0.39, 0.29) is 6.61 Å². The second kappa shape index (κ2) is 4.82. The molecule has 0 atom stereocenters. The quantitative estimate of drug-likeness (QED) is 0.768. The predicted molar refractivity (Wildman–Crippen MR) is 50.7 cm³/mol. The number of rotatable bonds is 4. The minimum Gasteiger partial charge on any atom is -0.493 e. The maximum atomic E-state index is 8.99. The van der Waals surface area contributed by atoms with Gasteiger partial charge in [-0.05, 0) is 13.3 Å². The lowest BCUT2D eigenvalue weighted by molar-refractivity contribution is 0.262. The summed E-state index contributed by atoms with van der Waals surface area (Å²) in [6, 6.07) is 1.85. The minimum absolute atomic E-state index is 0.0215. The Hall–Kier alpha value is -1.09. The van der Waals surface area contributed by atoms with Gasteiger partial charge in [-0.2, -0.15) is 0 Å². The Balaban J connectivity index is 2.81. The van der Waals surface area contributed by atoms with Crippen molar-refractivity contribution in [3.05, 3.63) is 23.5 Å². The van der Waals surface area contributed by atoms with Gasteiger partial charge in [-0.1, -0.05) is 6.92 Å². The number of hydrogen-bond donors (Lipinski definition) is 1. The van der Waals surface area contributed by atoms with Crippen LogP contribution in [0.25, 0.3) is 0 Å². The fraction of sp³-hybridized carbons (Fsp3) is 0.500. The second-order valence-electron chi connectivity index (χ2n) is 2.94. The summed E-state index contributed by atoms with van der Waals surface area (Å²) < 4.78 is 5.46. The topological polar surface area (TPSA) is 42.4 Å². The molecule has 0 aliphatic rings. The Morgan fingerprint density at radius 2 is 2.31 bits per heavy atom. The highest BCUT2D eigenvalue weighted by Crippen LogP contribution is 2.18. The van der Waals surface area contributed by atoms with Gasteiger partial charge in [0.15, 0.2) is 0 Å². The van der Waals surface area contributed by atoms with E-state index in [2.05, 4.69) is 4.98 Å². The molecule has 0 amide bonds. The molecule has 1 aromatic rings. The average Bonchev–Trinajstić information content (AvgIpc) is 2.15. The molecule has 1 N–H and O–H groups in total. The average molecular weight is 181 g/mol. The van der Waals surface area contributed by atoms with Crippen LogP contribution in [0.4, 0.5) is 0 Å². The number of hydrogen-bond acceptors (Lipinski definition) is 3. The molecule has 3 heteroatoms. The van der Waals surface area contributed by atoms with Gasteiger partial charge in [0.05, 0.1) is 13.2 Å². The highest BCUT2D eigenvalue weighted by atomic mass is 16.5. The monoisotopic (exact) mass is 181 g/mol. The first-order valence-electron chi connectivity index (χ1n) is 4.47. The molecule has 3 nitrogen and oxygen atoms in total. The lowest BCUT2D eigenvalue weighted by atomic mass is 10.2. The molecule has 1 heterocycles. The number of aliphatic hydroxyl groups is 1. The zero-order valence-corrected chi connectivity index (χ0v) is 8.08. The summed E-state index contributed by atoms with van der Waals surface area (Å²) in [6.07, 6.45) is 2.62. The van der Waals surface area contributed by atoms with Crippen LogP contribution in [0.5, 0.6) is 5.75 Å². The lowest BCUT2D eigenvalue weighted by Gasteiger charge is -2.08. The van der Waals surface area contributed by atoms with E-state index in [1.807, 2.05) is 19.9 Å². The summed E-state index contributed by atoms with van der Waals surface area (Å²) >= 11 is 0. The fourth-order valence-corrected chi connectivity index (χ4v) is 1.03. The third-order valence-electron chi connectivity index (χ3n) is 1.71. The van der Waals surface area contributed by atoms with Gasteiger partial charge in [0.2, 0.25) is 0 Å². The normalized spacial score (nSPS) is 10.1. The highest BCUT2D eigenvalue weighted by Gasteiger charge is 2.02. The van der Waals surface area contributed by atoms with Crippen molar-refractivity contribution in [1.29, 1.82) is 0 Å². The molecule has 0 saturated carbocycles. The van der Waals surface area contributed by atoms with Gasteiger partial charge in [0, 0.05) is 23.5 Å². The Morgan fingerprint density at radius 1 is 1.54 bits per heavy atom. The Kier molecular flexibility index (Phi) is 3.71. The van der Waals surface area contributed by atoms with Crippen LogP contribution < -0.4 is 4.74 Å². The first-order valence-corrected chi connectivity index (χ1v) is 4.47. The van der Waals surface area contributed by atoms with Gasteiger partial charge in [-0.25, -0.2) is 0 Å². The van der Waals surface area contributed by atoms with E-state index in [9.17, 15) is 0 Å². The minimum atomic E-state index is -0.0215. The summed E-state index contributed by atoms with van der Waals surface area (Å²) in [4.78, 5) is 4.08. The predicted octanol–water partition coefficient (Wildman–Crippen LogP) is 1.67. The standard InChI is InChI=1S/C10H15NO2/c1-3-4-13-10-5-8(2)11-6-9(10)7-12/h5-6,12H,3-4,7H2,1-2H3. The second-order valence-corrected chi connectivity index (χ2v) is 2.94. The van der Waals surface area contributed by atoms with Gasteiger partial charge >= 0.3 is 0 Å². The smallest absolute Gasteiger partial charge is 0.128 e. The van der Waals surface area contributed by atoms with Gasteiger partial charge < -0.3 is 9.84 Å². The van der Waals surface area contributed by atoms with Crippen molar-refractivity contribution < 1.29 is 9.84 Å². The molecule has 0 bridgehead atoms. The zero-order valence-electron chi connectivity index (χ0n) is 8.08. The van der Waals surface area contributed by atoms with E-state index >= 15 is 0 Å². The van der Waals surface area contributed by atoms with Crippen molar-refractivity contribution in [2.24, 2.45) is 0 Å². The fourth-order valence-electron chi connectivity index (χ4n) is 1.03. The molecule has 0 fully saturated rings. The largest absolute Gasteiger partial charge is 0.493 e. The molecule has 0 aliphatic heterocycles. The Morgan fingerprint density at radius 3 is 2.92 bits per heavy atom. The van der Waals surface area contributed by atoms with Crippen LogP contribution in [0.1, 0.15) is 24.6 Å². The van der Waals surface area contributed by atoms with Gasteiger partial charge in [-0.3, -0.25) is 4.98 Å². The number of aliphatic hydroxyl groups excluding tert-OH is 1. The van der Waals surface area contributed by atoms with Crippen molar-refractivity contribution in [1.82, 2.24) is 4.98 Å². The number of aryl methyl sites for hydroxylation is 1. The first-order chi connectivity index (χ1) is 6.27. The molecule has 0 radical (unpaired) electrons. The van der Waals surface area contributed by atoms with Crippen molar-refractivity contribution >= 4 is 0 Å². The maximum absolute atomic E-state index is 8.99. The lowest BCUT2D eigenvalue weighted by Crippen LogP contribution is -2.00. The van der Waals surface area contributed by atoms with E-state index in [0.29, 0.717) is 6.61 Å². The van der Waals surface area contributed by atoms with Crippen molar-refractivity contribution in [2.75, 3.05) is 6.61 Å².